The van der Waals surface area contributed by atoms with Crippen LogP contribution in [0.4, 0.5) is 0 Å². The normalized spacial score (nSPS) is 25.9. The molecule has 2 aliphatic rings. The van der Waals surface area contributed by atoms with Crippen molar-refractivity contribution in [1.82, 2.24) is 20.6 Å². The quantitative estimate of drug-likeness (QED) is 0.711. The maximum Gasteiger partial charge on any atom is 0.0925 e. The Morgan fingerprint density at radius 2 is 2.25 bits per heavy atom. The van der Waals surface area contributed by atoms with Gasteiger partial charge in [-0.3, -0.25) is 0 Å². The summed E-state index contributed by atoms with van der Waals surface area (Å²) in [6, 6.07) is 1.32. The predicted octanol–water partition coefficient (Wildman–Crippen LogP) is 0.956. The van der Waals surface area contributed by atoms with Crippen molar-refractivity contribution < 1.29 is 0 Å². The van der Waals surface area contributed by atoms with Crippen LogP contribution < -0.4 is 10.6 Å². The molecule has 3 N–H and O–H groups in total. The summed E-state index contributed by atoms with van der Waals surface area (Å²) < 4.78 is 0. The number of hydrogen-bond donors (Lipinski definition) is 3. The zero-order chi connectivity index (χ0) is 10.8. The van der Waals surface area contributed by atoms with E-state index in [1.807, 2.05) is 0 Å². The predicted molar refractivity (Wildman–Crippen MR) is 63.2 cm³/mol. The Balaban J connectivity index is 1.50. The van der Waals surface area contributed by atoms with Gasteiger partial charge in [0.1, 0.15) is 0 Å². The van der Waals surface area contributed by atoms with Crippen LogP contribution >= 0.6 is 0 Å². The summed E-state index contributed by atoms with van der Waals surface area (Å²) in [5.74, 6) is 0. The minimum absolute atomic E-state index is 0.552. The molecule has 16 heavy (non-hydrogen) atoms. The Morgan fingerprint density at radius 1 is 1.38 bits per heavy atom. The zero-order valence-electron chi connectivity index (χ0n) is 9.63. The maximum atomic E-state index is 4.36. The van der Waals surface area contributed by atoms with E-state index < -0.39 is 0 Å². The molecule has 2 heterocycles. The third-order valence-electron chi connectivity index (χ3n) is 3.82. The van der Waals surface area contributed by atoms with E-state index in [1.54, 1.807) is 6.33 Å². The molecule has 0 bridgehead atoms. The summed E-state index contributed by atoms with van der Waals surface area (Å²) in [5, 5.41) is 7.23. The van der Waals surface area contributed by atoms with Crippen LogP contribution in [0.15, 0.2) is 6.33 Å². The fraction of sp³-hybridized carbons (Fsp3) is 0.750. The summed E-state index contributed by atoms with van der Waals surface area (Å²) in [4.78, 5) is 7.54. The van der Waals surface area contributed by atoms with Crippen molar-refractivity contribution in [1.29, 1.82) is 0 Å². The molecule has 1 atom stereocenters. The molecule has 1 aromatic rings. The SMILES string of the molecule is c1nc2c([nH]1)CNC(CNC1CCCC1)C2. The summed E-state index contributed by atoms with van der Waals surface area (Å²) in [6.07, 6.45) is 8.39. The van der Waals surface area contributed by atoms with Gasteiger partial charge in [0, 0.05) is 31.6 Å². The van der Waals surface area contributed by atoms with Crippen LogP contribution in [-0.2, 0) is 13.0 Å². The Morgan fingerprint density at radius 3 is 3.12 bits per heavy atom. The molecular weight excluding hydrogens is 200 g/mol. The van der Waals surface area contributed by atoms with Crippen LogP contribution in [0.5, 0.6) is 0 Å². The lowest BCUT2D eigenvalue weighted by molar-refractivity contribution is 0.409. The Labute approximate surface area is 96.2 Å². The summed E-state index contributed by atoms with van der Waals surface area (Å²) in [6.45, 7) is 2.02. The maximum absolute atomic E-state index is 4.36. The standard InChI is InChI=1S/C12H20N4/c1-2-4-9(3-1)13-6-10-5-11-12(7-14-10)16-8-15-11/h8-10,13-14H,1-7H2,(H,15,16). The van der Waals surface area contributed by atoms with Crippen molar-refractivity contribution in [3.63, 3.8) is 0 Å². The second-order valence-electron chi connectivity index (χ2n) is 5.00. The van der Waals surface area contributed by atoms with E-state index in [2.05, 4.69) is 20.6 Å². The van der Waals surface area contributed by atoms with Gasteiger partial charge in [0.2, 0.25) is 0 Å². The fourth-order valence-corrected chi connectivity index (χ4v) is 2.81. The lowest BCUT2D eigenvalue weighted by atomic mass is 10.1. The average Bonchev–Trinajstić information content (AvgIpc) is 2.97. The highest BCUT2D eigenvalue weighted by atomic mass is 15.0. The molecule has 1 saturated carbocycles. The number of imidazole rings is 1. The first-order chi connectivity index (χ1) is 7.92. The Bertz CT molecular complexity index is 341. The van der Waals surface area contributed by atoms with Crippen LogP contribution in [0.2, 0.25) is 0 Å². The van der Waals surface area contributed by atoms with Gasteiger partial charge in [0.15, 0.2) is 0 Å². The van der Waals surface area contributed by atoms with E-state index in [9.17, 15) is 0 Å². The zero-order valence-corrected chi connectivity index (χ0v) is 9.63. The first-order valence-corrected chi connectivity index (χ1v) is 6.40. The van der Waals surface area contributed by atoms with Gasteiger partial charge < -0.3 is 15.6 Å². The van der Waals surface area contributed by atoms with Crippen LogP contribution in [-0.4, -0.2) is 28.6 Å². The minimum Gasteiger partial charge on any atom is -0.347 e. The number of nitrogens with one attached hydrogen (secondary N) is 3. The van der Waals surface area contributed by atoms with Crippen molar-refractivity contribution in [2.75, 3.05) is 6.54 Å². The van der Waals surface area contributed by atoms with Gasteiger partial charge in [0.05, 0.1) is 17.7 Å². The highest BCUT2D eigenvalue weighted by Gasteiger charge is 2.21. The third kappa shape index (κ3) is 2.13. The molecule has 1 aliphatic heterocycles. The van der Waals surface area contributed by atoms with Crippen molar-refractivity contribution in [2.45, 2.75) is 50.7 Å². The number of rotatable bonds is 3. The van der Waals surface area contributed by atoms with Crippen molar-refractivity contribution >= 4 is 0 Å². The number of nitrogens with zero attached hydrogens (tertiary/aromatic N) is 1. The van der Waals surface area contributed by atoms with E-state index in [4.69, 9.17) is 0 Å². The fourth-order valence-electron chi connectivity index (χ4n) is 2.81. The van der Waals surface area contributed by atoms with Crippen molar-refractivity contribution in [3.8, 4) is 0 Å². The first-order valence-electron chi connectivity index (χ1n) is 6.40. The second kappa shape index (κ2) is 4.55. The summed E-state index contributed by atoms with van der Waals surface area (Å²) in [5.41, 5.74) is 2.51. The summed E-state index contributed by atoms with van der Waals surface area (Å²) in [7, 11) is 0. The van der Waals surface area contributed by atoms with E-state index in [0.717, 1.165) is 25.6 Å². The molecule has 0 spiro atoms. The summed E-state index contributed by atoms with van der Waals surface area (Å²) >= 11 is 0. The molecule has 3 rings (SSSR count). The van der Waals surface area contributed by atoms with Gasteiger partial charge >= 0.3 is 0 Å². The number of fused-ring (bicyclic) bond motifs is 1. The van der Waals surface area contributed by atoms with Gasteiger partial charge in [0.25, 0.3) is 0 Å². The van der Waals surface area contributed by atoms with Crippen LogP contribution in [0.1, 0.15) is 37.1 Å². The number of aromatic amines is 1. The molecule has 1 fully saturated rings. The van der Waals surface area contributed by atoms with Crippen molar-refractivity contribution in [2.24, 2.45) is 0 Å². The second-order valence-corrected chi connectivity index (χ2v) is 5.00. The van der Waals surface area contributed by atoms with Crippen LogP contribution in [0, 0.1) is 0 Å². The molecule has 1 unspecified atom stereocenters. The lowest BCUT2D eigenvalue weighted by Crippen LogP contribution is -2.45. The van der Waals surface area contributed by atoms with Crippen LogP contribution in [0.3, 0.4) is 0 Å². The first kappa shape index (κ1) is 10.3. The monoisotopic (exact) mass is 220 g/mol. The van der Waals surface area contributed by atoms with E-state index in [-0.39, 0.29) is 0 Å². The molecule has 4 nitrogen and oxygen atoms in total. The topological polar surface area (TPSA) is 52.7 Å². The minimum atomic E-state index is 0.552. The molecule has 88 valence electrons. The highest BCUT2D eigenvalue weighted by molar-refractivity contribution is 5.15. The molecular formula is C12H20N4. The van der Waals surface area contributed by atoms with Gasteiger partial charge in [-0.15, -0.1) is 0 Å². The molecule has 0 amide bonds. The highest BCUT2D eigenvalue weighted by Crippen LogP contribution is 2.18. The largest absolute Gasteiger partial charge is 0.347 e. The molecule has 4 heteroatoms. The molecule has 0 radical (unpaired) electrons. The van der Waals surface area contributed by atoms with E-state index >= 15 is 0 Å². The number of hydrogen-bond acceptors (Lipinski definition) is 3. The van der Waals surface area contributed by atoms with Gasteiger partial charge in [-0.25, -0.2) is 4.98 Å². The van der Waals surface area contributed by atoms with Gasteiger partial charge in [-0.1, -0.05) is 12.8 Å². The smallest absolute Gasteiger partial charge is 0.0925 e. The van der Waals surface area contributed by atoms with Gasteiger partial charge in [-0.2, -0.15) is 0 Å². The van der Waals surface area contributed by atoms with Crippen molar-refractivity contribution in [3.05, 3.63) is 17.7 Å². The van der Waals surface area contributed by atoms with E-state index in [1.165, 1.54) is 37.1 Å². The molecule has 1 aromatic heterocycles. The molecule has 0 aromatic carbocycles. The Kier molecular flexibility index (Phi) is 2.93. The van der Waals surface area contributed by atoms with Crippen LogP contribution in [0.25, 0.3) is 0 Å². The lowest BCUT2D eigenvalue weighted by Gasteiger charge is -2.25. The van der Waals surface area contributed by atoms with E-state index in [0.29, 0.717) is 6.04 Å². The van der Waals surface area contributed by atoms with Gasteiger partial charge in [-0.05, 0) is 12.8 Å². The molecule has 0 saturated heterocycles. The Hall–Kier alpha value is -0.870. The molecule has 1 aliphatic carbocycles. The number of aromatic nitrogens is 2. The third-order valence-corrected chi connectivity index (χ3v) is 3.82. The number of H-pyrrole nitrogens is 1. The average molecular weight is 220 g/mol.